The number of hydrogen-bond donors (Lipinski definition) is 7. The summed E-state index contributed by atoms with van der Waals surface area (Å²) in [6.45, 7) is -0.692. The van der Waals surface area contributed by atoms with Crippen molar-refractivity contribution in [3.05, 3.63) is 41.5 Å². The zero-order valence-electron chi connectivity index (χ0n) is 16.2. The number of methoxy groups -OCH3 is 1. The van der Waals surface area contributed by atoms with Crippen LogP contribution in [0, 0.1) is 0 Å². The maximum absolute atomic E-state index is 13.0. The summed E-state index contributed by atoms with van der Waals surface area (Å²) >= 11 is 0. The number of aliphatic hydroxyl groups excluding tert-OH is 4. The van der Waals surface area contributed by atoms with Gasteiger partial charge in [0.1, 0.15) is 58.7 Å². The molecule has 0 aromatic heterocycles. The summed E-state index contributed by atoms with van der Waals surface area (Å²) in [6.07, 6.45) is -8.00. The van der Waals surface area contributed by atoms with Gasteiger partial charge in [0, 0.05) is 23.8 Å². The number of phenols is 3. The lowest BCUT2D eigenvalue weighted by Crippen LogP contribution is -2.60. The number of ether oxygens (including phenoxy) is 3. The summed E-state index contributed by atoms with van der Waals surface area (Å²) in [5.41, 5.74) is -0.598. The van der Waals surface area contributed by atoms with Crippen molar-refractivity contribution in [2.24, 2.45) is 0 Å². The minimum absolute atomic E-state index is 0.0763. The molecule has 2 aromatic rings. The van der Waals surface area contributed by atoms with Crippen molar-refractivity contribution < 1.29 is 54.8 Å². The fraction of sp³-hybridized carbons (Fsp3) is 0.350. The van der Waals surface area contributed by atoms with E-state index in [4.69, 9.17) is 14.2 Å². The fourth-order valence-electron chi connectivity index (χ4n) is 3.18. The van der Waals surface area contributed by atoms with Gasteiger partial charge in [0.15, 0.2) is 0 Å². The Labute approximate surface area is 175 Å². The van der Waals surface area contributed by atoms with Gasteiger partial charge in [0.05, 0.1) is 13.7 Å². The van der Waals surface area contributed by atoms with Crippen LogP contribution in [-0.2, 0) is 4.74 Å². The van der Waals surface area contributed by atoms with Gasteiger partial charge < -0.3 is 50.0 Å². The number of hydrogen-bond acceptors (Lipinski definition) is 11. The number of carbonyl (C=O) groups is 1. The van der Waals surface area contributed by atoms with Gasteiger partial charge in [-0.1, -0.05) is 0 Å². The molecule has 0 bridgehead atoms. The van der Waals surface area contributed by atoms with Crippen molar-refractivity contribution in [1.29, 1.82) is 0 Å². The summed E-state index contributed by atoms with van der Waals surface area (Å²) in [6, 6.07) is 5.45. The van der Waals surface area contributed by atoms with E-state index < -0.39 is 65.9 Å². The molecule has 1 aliphatic rings. The summed E-state index contributed by atoms with van der Waals surface area (Å²) in [5.74, 6) is -2.47. The minimum atomic E-state index is -1.76. The molecule has 1 heterocycles. The fourth-order valence-corrected chi connectivity index (χ4v) is 3.18. The summed E-state index contributed by atoms with van der Waals surface area (Å²) in [4.78, 5) is 13.0. The Morgan fingerprint density at radius 3 is 2.19 bits per heavy atom. The van der Waals surface area contributed by atoms with Gasteiger partial charge in [0.2, 0.25) is 12.1 Å². The zero-order chi connectivity index (χ0) is 22.9. The largest absolute Gasteiger partial charge is 0.508 e. The van der Waals surface area contributed by atoms with Crippen molar-refractivity contribution in [1.82, 2.24) is 0 Å². The third-order valence-corrected chi connectivity index (χ3v) is 4.77. The molecule has 0 saturated carbocycles. The highest BCUT2D eigenvalue weighted by Crippen LogP contribution is 2.38. The molecule has 11 heteroatoms. The summed E-state index contributed by atoms with van der Waals surface area (Å²) in [7, 11) is 1.29. The molecular weight excluding hydrogens is 416 g/mol. The van der Waals surface area contributed by atoms with E-state index in [1.807, 2.05) is 0 Å². The number of carbonyl (C=O) groups excluding carboxylic acids is 1. The van der Waals surface area contributed by atoms with Crippen molar-refractivity contribution in [2.75, 3.05) is 13.7 Å². The number of aliphatic hydroxyl groups is 4. The normalized spacial score (nSPS) is 25.8. The van der Waals surface area contributed by atoms with Crippen molar-refractivity contribution >= 4 is 5.78 Å². The van der Waals surface area contributed by atoms with Crippen LogP contribution in [0.15, 0.2) is 30.3 Å². The molecule has 1 saturated heterocycles. The standard InChI is InChI=1S/C20H22O11/c1-29-11-5-12(24)15(16(25)8-2-9(22)4-10(23)3-8)13(6-11)30-20-19(28)18(27)17(26)14(7-21)31-20/h2-6,14,17-24,26-28H,7H2,1H3/t14-,17-,18+,19-,20+/m1/s1. The van der Waals surface area contributed by atoms with Gasteiger partial charge in [0.25, 0.3) is 0 Å². The van der Waals surface area contributed by atoms with Crippen molar-refractivity contribution in [2.45, 2.75) is 30.7 Å². The van der Waals surface area contributed by atoms with Crippen LogP contribution in [0.25, 0.3) is 0 Å². The highest BCUT2D eigenvalue weighted by molar-refractivity contribution is 6.13. The van der Waals surface area contributed by atoms with Gasteiger partial charge in [-0.15, -0.1) is 0 Å². The zero-order valence-corrected chi connectivity index (χ0v) is 16.2. The summed E-state index contributed by atoms with van der Waals surface area (Å²) in [5, 5.41) is 69.1. The number of ketones is 1. The second kappa shape index (κ2) is 8.96. The molecule has 7 N–H and O–H groups in total. The average molecular weight is 438 g/mol. The number of benzene rings is 2. The predicted octanol–water partition coefficient (Wildman–Crippen LogP) is -0.778. The SMILES string of the molecule is COc1cc(O)c(C(=O)c2cc(O)cc(O)c2)c(O[C@H]2O[C@H](CO)[C@@H](O)[C@H](O)[C@H]2O)c1. The second-order valence-corrected chi connectivity index (χ2v) is 6.90. The monoisotopic (exact) mass is 438 g/mol. The molecule has 11 nitrogen and oxygen atoms in total. The van der Waals surface area contributed by atoms with E-state index in [0.29, 0.717) is 0 Å². The van der Waals surface area contributed by atoms with E-state index in [0.717, 1.165) is 24.3 Å². The smallest absolute Gasteiger partial charge is 0.229 e. The molecule has 0 amide bonds. The van der Waals surface area contributed by atoms with Crippen LogP contribution in [-0.4, -0.2) is 86.0 Å². The molecule has 0 unspecified atom stereocenters. The van der Waals surface area contributed by atoms with Gasteiger partial charge in [-0.05, 0) is 12.1 Å². The molecule has 0 aliphatic carbocycles. The topological polar surface area (TPSA) is 186 Å². The van der Waals surface area contributed by atoms with E-state index in [2.05, 4.69) is 0 Å². The Kier molecular flexibility index (Phi) is 6.53. The van der Waals surface area contributed by atoms with E-state index in [-0.39, 0.29) is 17.1 Å². The van der Waals surface area contributed by atoms with Crippen LogP contribution in [0.1, 0.15) is 15.9 Å². The molecule has 3 rings (SSSR count). The lowest BCUT2D eigenvalue weighted by molar-refractivity contribution is -0.277. The minimum Gasteiger partial charge on any atom is -0.508 e. The number of phenolic OH excluding ortho intramolecular Hbond substituents is 3. The molecule has 1 fully saturated rings. The van der Waals surface area contributed by atoms with Gasteiger partial charge in [-0.3, -0.25) is 4.79 Å². The van der Waals surface area contributed by atoms with Crippen LogP contribution in [0.5, 0.6) is 28.7 Å². The van der Waals surface area contributed by atoms with E-state index in [1.165, 1.54) is 13.2 Å². The lowest BCUT2D eigenvalue weighted by atomic mass is 9.98. The molecule has 0 spiro atoms. The molecule has 31 heavy (non-hydrogen) atoms. The van der Waals surface area contributed by atoms with Crippen LogP contribution in [0.2, 0.25) is 0 Å². The molecular formula is C20H22O11. The molecule has 2 aromatic carbocycles. The average Bonchev–Trinajstić information content (AvgIpc) is 2.72. The molecule has 1 aliphatic heterocycles. The highest BCUT2D eigenvalue weighted by Gasteiger charge is 2.45. The molecule has 168 valence electrons. The third kappa shape index (κ3) is 4.50. The Morgan fingerprint density at radius 1 is 0.968 bits per heavy atom. The van der Waals surface area contributed by atoms with E-state index >= 15 is 0 Å². The third-order valence-electron chi connectivity index (χ3n) is 4.77. The van der Waals surface area contributed by atoms with Gasteiger partial charge in [-0.2, -0.15) is 0 Å². The highest BCUT2D eigenvalue weighted by atomic mass is 16.7. The first-order valence-electron chi connectivity index (χ1n) is 9.12. The predicted molar refractivity (Wildman–Crippen MR) is 102 cm³/mol. The maximum Gasteiger partial charge on any atom is 0.229 e. The van der Waals surface area contributed by atoms with E-state index in [1.54, 1.807) is 0 Å². The Balaban J connectivity index is 2.03. The number of aromatic hydroxyl groups is 3. The first-order valence-corrected chi connectivity index (χ1v) is 9.12. The summed E-state index contributed by atoms with van der Waals surface area (Å²) < 4.78 is 15.9. The van der Waals surface area contributed by atoms with Crippen molar-refractivity contribution in [3.63, 3.8) is 0 Å². The Bertz CT molecular complexity index is 938. The Morgan fingerprint density at radius 2 is 1.61 bits per heavy atom. The quantitative estimate of drug-likeness (QED) is 0.281. The lowest BCUT2D eigenvalue weighted by Gasteiger charge is -2.39. The van der Waals surface area contributed by atoms with E-state index in [9.17, 15) is 40.5 Å². The van der Waals surface area contributed by atoms with Gasteiger partial charge in [-0.25, -0.2) is 0 Å². The molecule has 0 radical (unpaired) electrons. The van der Waals surface area contributed by atoms with Crippen LogP contribution >= 0.6 is 0 Å². The van der Waals surface area contributed by atoms with Crippen LogP contribution < -0.4 is 9.47 Å². The van der Waals surface area contributed by atoms with Crippen LogP contribution in [0.4, 0.5) is 0 Å². The van der Waals surface area contributed by atoms with Crippen molar-refractivity contribution in [3.8, 4) is 28.7 Å². The first-order chi connectivity index (χ1) is 14.7. The first kappa shape index (κ1) is 22.6. The maximum atomic E-state index is 13.0. The number of rotatable bonds is 6. The second-order valence-electron chi connectivity index (χ2n) is 6.90. The Hall–Kier alpha value is -3.09. The molecule has 5 atom stereocenters. The van der Waals surface area contributed by atoms with Gasteiger partial charge >= 0.3 is 0 Å². The van der Waals surface area contributed by atoms with Crippen LogP contribution in [0.3, 0.4) is 0 Å².